The van der Waals surface area contributed by atoms with Crippen LogP contribution in [-0.2, 0) is 14.3 Å². The van der Waals surface area contributed by atoms with Crippen LogP contribution in [0.15, 0.2) is 48.6 Å². The summed E-state index contributed by atoms with van der Waals surface area (Å²) in [5, 5.41) is 23.4. The normalized spacial score (nSPS) is 12.9. The van der Waals surface area contributed by atoms with E-state index in [0.717, 1.165) is 89.9 Å². The van der Waals surface area contributed by atoms with Crippen LogP contribution in [0.1, 0.15) is 341 Å². The molecule has 6 heteroatoms. The summed E-state index contributed by atoms with van der Waals surface area (Å²) in [4.78, 5) is 24.6. The Morgan fingerprint density at radius 2 is 0.685 bits per heavy atom. The smallest absolute Gasteiger partial charge is 0.305 e. The summed E-state index contributed by atoms with van der Waals surface area (Å²) in [6.07, 6.45) is 79.8. The van der Waals surface area contributed by atoms with Crippen LogP contribution in [0, 0.1) is 0 Å². The van der Waals surface area contributed by atoms with Gasteiger partial charge in [0.25, 0.3) is 0 Å². The molecule has 0 spiro atoms. The molecule has 73 heavy (non-hydrogen) atoms. The zero-order valence-corrected chi connectivity index (χ0v) is 48.9. The summed E-state index contributed by atoms with van der Waals surface area (Å²) >= 11 is 0. The van der Waals surface area contributed by atoms with Gasteiger partial charge in [0.1, 0.15) is 0 Å². The highest BCUT2D eigenvalue weighted by molar-refractivity contribution is 5.76. The molecule has 0 aliphatic rings. The maximum Gasteiger partial charge on any atom is 0.305 e. The van der Waals surface area contributed by atoms with E-state index in [9.17, 15) is 19.8 Å². The Hall–Kier alpha value is -2.18. The molecule has 428 valence electrons. The maximum absolute atomic E-state index is 12.5. The zero-order valence-electron chi connectivity index (χ0n) is 48.9. The first kappa shape index (κ1) is 70.8. The lowest BCUT2D eigenvalue weighted by Crippen LogP contribution is -2.45. The fourth-order valence-corrected chi connectivity index (χ4v) is 9.88. The lowest BCUT2D eigenvalue weighted by atomic mass is 10.0. The number of hydrogen-bond acceptors (Lipinski definition) is 5. The molecular formula is C67H125NO5. The molecule has 0 aromatic carbocycles. The van der Waals surface area contributed by atoms with Crippen molar-refractivity contribution in [3.05, 3.63) is 48.6 Å². The molecule has 0 aliphatic carbocycles. The molecule has 0 rings (SSSR count). The number of esters is 1. The number of aliphatic hydroxyl groups is 2. The van der Waals surface area contributed by atoms with Gasteiger partial charge in [-0.1, -0.05) is 281 Å². The van der Waals surface area contributed by atoms with E-state index >= 15 is 0 Å². The molecule has 0 aromatic rings. The third-order valence-electron chi connectivity index (χ3n) is 14.9. The number of aliphatic hydroxyl groups excluding tert-OH is 2. The summed E-state index contributed by atoms with van der Waals surface area (Å²) in [6, 6.07) is -0.556. The molecule has 0 heterocycles. The van der Waals surface area contributed by atoms with Crippen molar-refractivity contribution in [1.29, 1.82) is 0 Å². The predicted octanol–water partition coefficient (Wildman–Crippen LogP) is 20.5. The number of carbonyl (C=O) groups excluding carboxylic acids is 2. The van der Waals surface area contributed by atoms with Crippen molar-refractivity contribution >= 4 is 11.9 Å². The highest BCUT2D eigenvalue weighted by Gasteiger charge is 2.20. The van der Waals surface area contributed by atoms with Gasteiger partial charge in [-0.15, -0.1) is 0 Å². The van der Waals surface area contributed by atoms with E-state index < -0.39 is 12.1 Å². The Labute approximate surface area is 455 Å². The Morgan fingerprint density at radius 3 is 1.05 bits per heavy atom. The van der Waals surface area contributed by atoms with Crippen molar-refractivity contribution in [3.63, 3.8) is 0 Å². The minimum Gasteiger partial charge on any atom is -0.466 e. The first-order valence-corrected chi connectivity index (χ1v) is 32.4. The van der Waals surface area contributed by atoms with E-state index in [1.54, 1.807) is 0 Å². The minimum atomic E-state index is -0.677. The summed E-state index contributed by atoms with van der Waals surface area (Å²) in [6.45, 7) is 4.91. The molecule has 3 N–H and O–H groups in total. The van der Waals surface area contributed by atoms with Crippen molar-refractivity contribution in [2.24, 2.45) is 0 Å². The second-order valence-corrected chi connectivity index (χ2v) is 22.1. The fourth-order valence-electron chi connectivity index (χ4n) is 9.88. The Bertz CT molecular complexity index is 1230. The van der Waals surface area contributed by atoms with E-state index in [0.29, 0.717) is 25.9 Å². The summed E-state index contributed by atoms with van der Waals surface area (Å²) in [5.41, 5.74) is 0. The first-order chi connectivity index (χ1) is 36.0. The number of rotatable bonds is 60. The van der Waals surface area contributed by atoms with Crippen molar-refractivity contribution in [3.8, 4) is 0 Å². The quantitative estimate of drug-likeness (QED) is 0.0320. The minimum absolute atomic E-state index is 0.0225. The second kappa shape index (κ2) is 62.4. The van der Waals surface area contributed by atoms with Crippen molar-refractivity contribution < 1.29 is 24.5 Å². The van der Waals surface area contributed by atoms with Crippen LogP contribution in [0.3, 0.4) is 0 Å². The SMILES string of the molecule is CCCCCC/C=C\C/C=C\CCCCCCCCCC(=O)OCCCCC/C=C\C/C=C\CCCCCCCCCC(=O)NC(CO)C(O)CCCCCCCCCCCCCCCCCCCCCCC. The first-order valence-electron chi connectivity index (χ1n) is 32.4. The number of allylic oxidation sites excluding steroid dienone is 8. The van der Waals surface area contributed by atoms with Gasteiger partial charge in [0, 0.05) is 12.8 Å². The van der Waals surface area contributed by atoms with Gasteiger partial charge in [-0.25, -0.2) is 0 Å². The van der Waals surface area contributed by atoms with Gasteiger partial charge in [-0.05, 0) is 96.3 Å². The number of ether oxygens (including phenoxy) is 1. The van der Waals surface area contributed by atoms with Gasteiger partial charge in [0.2, 0.25) is 5.91 Å². The predicted molar refractivity (Wildman–Crippen MR) is 319 cm³/mol. The Morgan fingerprint density at radius 1 is 0.384 bits per heavy atom. The third-order valence-corrected chi connectivity index (χ3v) is 14.9. The third kappa shape index (κ3) is 58.9. The molecule has 2 unspecified atom stereocenters. The van der Waals surface area contributed by atoms with Crippen molar-refractivity contribution in [2.45, 2.75) is 353 Å². The molecule has 1 amide bonds. The number of carbonyl (C=O) groups is 2. The van der Waals surface area contributed by atoms with Gasteiger partial charge in [-0.3, -0.25) is 9.59 Å². The maximum atomic E-state index is 12.5. The molecule has 0 saturated carbocycles. The topological polar surface area (TPSA) is 95.9 Å². The molecule has 0 aliphatic heterocycles. The average Bonchev–Trinajstić information content (AvgIpc) is 3.39. The number of amides is 1. The van der Waals surface area contributed by atoms with Gasteiger partial charge in [0.15, 0.2) is 0 Å². The lowest BCUT2D eigenvalue weighted by Gasteiger charge is -2.22. The van der Waals surface area contributed by atoms with Crippen LogP contribution >= 0.6 is 0 Å². The average molecular weight is 1020 g/mol. The fraction of sp³-hybridized carbons (Fsp3) is 0.851. The number of hydrogen-bond donors (Lipinski definition) is 3. The van der Waals surface area contributed by atoms with E-state index in [4.69, 9.17) is 4.74 Å². The van der Waals surface area contributed by atoms with Gasteiger partial charge in [0.05, 0.1) is 25.4 Å². The Kier molecular flexibility index (Phi) is 60.5. The van der Waals surface area contributed by atoms with E-state index in [1.165, 1.54) is 218 Å². The van der Waals surface area contributed by atoms with Crippen LogP contribution in [0.2, 0.25) is 0 Å². The van der Waals surface area contributed by atoms with Gasteiger partial charge >= 0.3 is 5.97 Å². The van der Waals surface area contributed by atoms with Crippen molar-refractivity contribution in [2.75, 3.05) is 13.2 Å². The van der Waals surface area contributed by atoms with Crippen LogP contribution in [0.25, 0.3) is 0 Å². The van der Waals surface area contributed by atoms with Crippen LogP contribution in [-0.4, -0.2) is 47.4 Å². The molecule has 0 aromatic heterocycles. The van der Waals surface area contributed by atoms with E-state index in [2.05, 4.69) is 67.8 Å². The standard InChI is InChI=1S/C67H125NO5/c1-3-5-7-9-11-13-15-17-19-21-23-24-25-27-31-35-39-43-47-51-55-59-65(70)64(63-69)68-66(71)60-56-52-48-44-40-36-32-28-26-30-34-38-42-46-50-54-58-62-73-67(72)61-57-53-49-45-41-37-33-29-22-20-18-16-14-12-10-8-6-4-2/h14,16,20,22,26,30,38,42,64-65,69-70H,3-13,15,17-19,21,23-25,27-29,31-37,39-41,43-63H2,1-2H3,(H,68,71)/b16-14-,22-20-,30-26-,42-38-. The highest BCUT2D eigenvalue weighted by Crippen LogP contribution is 2.17. The molecule has 6 nitrogen and oxygen atoms in total. The van der Waals surface area contributed by atoms with Crippen LogP contribution in [0.4, 0.5) is 0 Å². The lowest BCUT2D eigenvalue weighted by molar-refractivity contribution is -0.143. The van der Waals surface area contributed by atoms with Crippen LogP contribution in [0.5, 0.6) is 0 Å². The molecule has 0 bridgehead atoms. The van der Waals surface area contributed by atoms with Gasteiger partial charge < -0.3 is 20.3 Å². The monoisotopic (exact) mass is 1020 g/mol. The Balaban J connectivity index is 3.49. The number of nitrogens with one attached hydrogen (secondary N) is 1. The zero-order chi connectivity index (χ0) is 52.9. The molecule has 0 fully saturated rings. The van der Waals surface area contributed by atoms with Gasteiger partial charge in [-0.2, -0.15) is 0 Å². The molecule has 0 saturated heterocycles. The summed E-state index contributed by atoms with van der Waals surface area (Å²) in [7, 11) is 0. The number of unbranched alkanes of at least 4 members (excludes halogenated alkanes) is 41. The highest BCUT2D eigenvalue weighted by atomic mass is 16.5. The van der Waals surface area contributed by atoms with E-state index in [1.807, 2.05) is 0 Å². The van der Waals surface area contributed by atoms with Crippen molar-refractivity contribution in [1.82, 2.24) is 5.32 Å². The second-order valence-electron chi connectivity index (χ2n) is 22.1. The molecule has 0 radical (unpaired) electrons. The largest absolute Gasteiger partial charge is 0.466 e. The summed E-state index contributed by atoms with van der Waals surface area (Å²) in [5.74, 6) is -0.0715. The van der Waals surface area contributed by atoms with Crippen LogP contribution < -0.4 is 5.32 Å². The summed E-state index contributed by atoms with van der Waals surface area (Å²) < 4.78 is 5.47. The van der Waals surface area contributed by atoms with E-state index in [-0.39, 0.29) is 18.5 Å². The molecule has 2 atom stereocenters. The molecular weight excluding hydrogens is 899 g/mol.